The van der Waals surface area contributed by atoms with E-state index in [1.54, 1.807) is 18.2 Å². The van der Waals surface area contributed by atoms with Crippen LogP contribution in [0.25, 0.3) is 0 Å². The summed E-state index contributed by atoms with van der Waals surface area (Å²) in [5.41, 5.74) is 1.68. The Morgan fingerprint density at radius 2 is 2.00 bits per heavy atom. The normalized spacial score (nSPS) is 18.3. The molecule has 3 nitrogen and oxygen atoms in total. The van der Waals surface area contributed by atoms with Crippen LogP contribution < -0.4 is 0 Å². The van der Waals surface area contributed by atoms with Crippen molar-refractivity contribution in [3.05, 3.63) is 69.2 Å². The van der Waals surface area contributed by atoms with Crippen LogP contribution in [0.15, 0.2) is 53.0 Å². The Balaban J connectivity index is 1.78. The Morgan fingerprint density at radius 3 is 2.73 bits per heavy atom. The first-order valence-electron chi connectivity index (χ1n) is 7.05. The summed E-state index contributed by atoms with van der Waals surface area (Å²) in [5, 5.41) is 0.547. The van der Waals surface area contributed by atoms with E-state index >= 15 is 0 Å². The van der Waals surface area contributed by atoms with Crippen molar-refractivity contribution in [3.63, 3.8) is 0 Å². The fourth-order valence-corrected chi connectivity index (χ4v) is 3.42. The third-order valence-electron chi connectivity index (χ3n) is 3.63. The zero-order valence-corrected chi connectivity index (χ0v) is 14.2. The molecule has 3 rings (SSSR count). The minimum Gasteiger partial charge on any atom is -0.370 e. The van der Waals surface area contributed by atoms with Crippen LogP contribution in [-0.4, -0.2) is 30.5 Å². The van der Waals surface area contributed by atoms with Crippen molar-refractivity contribution in [2.24, 2.45) is 0 Å². The van der Waals surface area contributed by atoms with E-state index in [2.05, 4.69) is 15.9 Å². The highest BCUT2D eigenvalue weighted by Crippen LogP contribution is 2.25. The third kappa shape index (κ3) is 3.51. The molecule has 0 aliphatic carbocycles. The Morgan fingerprint density at radius 1 is 1.23 bits per heavy atom. The number of carbonyl (C=O) groups excluding carboxylic acids is 1. The van der Waals surface area contributed by atoms with Crippen LogP contribution in [0.1, 0.15) is 22.0 Å². The van der Waals surface area contributed by atoms with Gasteiger partial charge in [0.05, 0.1) is 13.2 Å². The Bertz CT molecular complexity index is 657. The van der Waals surface area contributed by atoms with Crippen LogP contribution >= 0.6 is 27.5 Å². The molecule has 0 radical (unpaired) electrons. The number of benzene rings is 2. The molecule has 1 aliphatic heterocycles. The molecule has 0 N–H and O–H groups in total. The maximum atomic E-state index is 12.7. The summed E-state index contributed by atoms with van der Waals surface area (Å²) in [6.45, 7) is 1.67. The van der Waals surface area contributed by atoms with Crippen LogP contribution in [0.4, 0.5) is 0 Å². The summed E-state index contributed by atoms with van der Waals surface area (Å²) in [6, 6.07) is 15.2. The number of nitrogens with zero attached hydrogens (tertiary/aromatic N) is 1. The molecule has 1 unspecified atom stereocenters. The fraction of sp³-hybridized carbons (Fsp3) is 0.235. The second-order valence-corrected chi connectivity index (χ2v) is 6.53. The molecule has 0 bridgehead atoms. The van der Waals surface area contributed by atoms with Gasteiger partial charge in [0.2, 0.25) is 0 Å². The summed E-state index contributed by atoms with van der Waals surface area (Å²) in [7, 11) is 0. The second-order valence-electron chi connectivity index (χ2n) is 5.18. The molecular weight excluding hydrogens is 366 g/mol. The zero-order valence-electron chi connectivity index (χ0n) is 11.8. The van der Waals surface area contributed by atoms with E-state index < -0.39 is 0 Å². The summed E-state index contributed by atoms with van der Waals surface area (Å²) in [4.78, 5) is 14.5. The smallest absolute Gasteiger partial charge is 0.254 e. The number of carbonyl (C=O) groups is 1. The van der Waals surface area contributed by atoms with E-state index in [4.69, 9.17) is 16.3 Å². The molecule has 5 heteroatoms. The predicted molar refractivity (Wildman–Crippen MR) is 90.2 cm³/mol. The van der Waals surface area contributed by atoms with Gasteiger partial charge in [-0.3, -0.25) is 4.79 Å². The number of morpholine rings is 1. The molecule has 0 aromatic heterocycles. The van der Waals surface area contributed by atoms with Crippen molar-refractivity contribution in [3.8, 4) is 0 Å². The van der Waals surface area contributed by atoms with Crippen LogP contribution in [0.5, 0.6) is 0 Å². The molecule has 0 saturated carbocycles. The topological polar surface area (TPSA) is 29.5 Å². The van der Waals surface area contributed by atoms with E-state index in [9.17, 15) is 4.79 Å². The molecule has 2 aromatic rings. The van der Waals surface area contributed by atoms with Gasteiger partial charge in [0.15, 0.2) is 0 Å². The predicted octanol–water partition coefficient (Wildman–Crippen LogP) is 4.32. The minimum absolute atomic E-state index is 0.0209. The van der Waals surface area contributed by atoms with Gasteiger partial charge in [0, 0.05) is 21.6 Å². The number of halogens is 2. The van der Waals surface area contributed by atoms with Crippen LogP contribution in [-0.2, 0) is 4.74 Å². The molecule has 1 amide bonds. The monoisotopic (exact) mass is 379 g/mol. The first-order valence-corrected chi connectivity index (χ1v) is 8.22. The maximum Gasteiger partial charge on any atom is 0.254 e. The summed E-state index contributed by atoms with van der Waals surface area (Å²) in [5.74, 6) is -0.0209. The lowest BCUT2D eigenvalue weighted by molar-refractivity contribution is -0.0228. The summed E-state index contributed by atoms with van der Waals surface area (Å²) < 4.78 is 6.60. The van der Waals surface area contributed by atoms with Crippen LogP contribution in [0, 0.1) is 0 Å². The van der Waals surface area contributed by atoms with Gasteiger partial charge in [-0.2, -0.15) is 0 Å². The van der Waals surface area contributed by atoms with Gasteiger partial charge in [-0.15, -0.1) is 0 Å². The van der Waals surface area contributed by atoms with E-state index in [-0.39, 0.29) is 12.0 Å². The van der Waals surface area contributed by atoms with Crippen molar-refractivity contribution in [1.29, 1.82) is 0 Å². The largest absolute Gasteiger partial charge is 0.370 e. The zero-order chi connectivity index (χ0) is 15.5. The van der Waals surface area contributed by atoms with Gasteiger partial charge in [0.25, 0.3) is 5.91 Å². The molecule has 0 spiro atoms. The van der Waals surface area contributed by atoms with E-state index in [1.165, 1.54) is 0 Å². The minimum atomic E-state index is -0.0819. The van der Waals surface area contributed by atoms with E-state index in [0.717, 1.165) is 10.0 Å². The number of hydrogen-bond acceptors (Lipinski definition) is 2. The lowest BCUT2D eigenvalue weighted by Gasteiger charge is -2.33. The number of ether oxygens (including phenoxy) is 1. The SMILES string of the molecule is O=C(c1cc(Cl)cc(Br)c1)N1CCOC(c2ccccc2)C1. The second kappa shape index (κ2) is 6.82. The van der Waals surface area contributed by atoms with Crippen LogP contribution in [0.3, 0.4) is 0 Å². The van der Waals surface area contributed by atoms with E-state index in [0.29, 0.717) is 30.3 Å². The van der Waals surface area contributed by atoms with Crippen molar-refractivity contribution in [2.45, 2.75) is 6.10 Å². The lowest BCUT2D eigenvalue weighted by atomic mass is 10.1. The van der Waals surface area contributed by atoms with Gasteiger partial charge in [-0.1, -0.05) is 57.9 Å². The van der Waals surface area contributed by atoms with Crippen molar-refractivity contribution < 1.29 is 9.53 Å². The Labute approximate surface area is 143 Å². The highest BCUT2D eigenvalue weighted by Gasteiger charge is 2.26. The number of rotatable bonds is 2. The summed E-state index contributed by atoms with van der Waals surface area (Å²) >= 11 is 9.41. The molecule has 1 atom stereocenters. The van der Waals surface area contributed by atoms with Gasteiger partial charge in [-0.25, -0.2) is 0 Å². The highest BCUT2D eigenvalue weighted by atomic mass is 79.9. The molecular formula is C17H15BrClNO2. The first kappa shape index (κ1) is 15.5. The van der Waals surface area contributed by atoms with Crippen molar-refractivity contribution in [2.75, 3.05) is 19.7 Å². The highest BCUT2D eigenvalue weighted by molar-refractivity contribution is 9.10. The van der Waals surface area contributed by atoms with Crippen molar-refractivity contribution >= 4 is 33.4 Å². The summed E-state index contributed by atoms with van der Waals surface area (Å²) in [6.07, 6.45) is -0.0819. The molecule has 1 saturated heterocycles. The average molecular weight is 381 g/mol. The average Bonchev–Trinajstić information content (AvgIpc) is 2.54. The molecule has 2 aromatic carbocycles. The molecule has 114 valence electrons. The Kier molecular flexibility index (Phi) is 4.81. The molecule has 1 heterocycles. The van der Waals surface area contributed by atoms with E-state index in [1.807, 2.05) is 35.2 Å². The number of hydrogen-bond donors (Lipinski definition) is 0. The first-order chi connectivity index (χ1) is 10.6. The standard InChI is InChI=1S/C17H15BrClNO2/c18-14-8-13(9-15(19)10-14)17(21)20-6-7-22-16(11-20)12-4-2-1-3-5-12/h1-5,8-10,16H,6-7,11H2. The van der Waals surface area contributed by atoms with Gasteiger partial charge >= 0.3 is 0 Å². The van der Waals surface area contributed by atoms with Crippen molar-refractivity contribution in [1.82, 2.24) is 4.90 Å². The molecule has 1 fully saturated rings. The quantitative estimate of drug-likeness (QED) is 0.777. The third-order valence-corrected chi connectivity index (χ3v) is 4.31. The molecule has 22 heavy (non-hydrogen) atoms. The Hall–Kier alpha value is -1.36. The lowest BCUT2D eigenvalue weighted by Crippen LogP contribution is -2.42. The fourth-order valence-electron chi connectivity index (χ4n) is 2.56. The van der Waals surface area contributed by atoms with Gasteiger partial charge < -0.3 is 9.64 Å². The maximum absolute atomic E-state index is 12.7. The molecule has 1 aliphatic rings. The van der Waals surface area contributed by atoms with Crippen LogP contribution in [0.2, 0.25) is 5.02 Å². The van der Waals surface area contributed by atoms with Gasteiger partial charge in [0.1, 0.15) is 6.10 Å². The number of amides is 1. The van der Waals surface area contributed by atoms with Gasteiger partial charge in [-0.05, 0) is 23.8 Å².